The van der Waals surface area contributed by atoms with Gasteiger partial charge in [0.15, 0.2) is 9.84 Å². The molecular formula is C49H75N3O5S2. The number of carbonyl (C=O) groups is 1. The molecule has 1 aliphatic heterocycles. The Bertz CT molecular complexity index is 1960. The molecule has 6 aliphatic carbocycles. The second-order valence-corrected chi connectivity index (χ2v) is 25.1. The zero-order chi connectivity index (χ0) is 42.2. The minimum absolute atomic E-state index is 0.0388. The minimum atomic E-state index is -2.87. The second kappa shape index (κ2) is 15.7. The first-order valence-electron chi connectivity index (χ1n) is 23.3. The SMILES string of the molecule is C=C(C)[C@@H]1CC[C@]2(NCCN3CCS(=O)(=O)CC3)CC[C@]3(C)[C@H](CC[C@@H]4[C@@]5(C)CC=C(C6=CCC(COc7cc(C)sn7)(C(=O)OCC)CC6)C(C)(C)[C@@H]5CC[C@]43C)[C@@H]12. The van der Waals surface area contributed by atoms with E-state index in [1.54, 1.807) is 0 Å². The van der Waals surface area contributed by atoms with Gasteiger partial charge in [0.2, 0.25) is 5.88 Å². The van der Waals surface area contributed by atoms with Gasteiger partial charge in [-0.15, -0.1) is 0 Å². The molecule has 2 heterocycles. The number of esters is 1. The topological polar surface area (TPSA) is 97.8 Å². The molecular weight excluding hydrogens is 775 g/mol. The Hall–Kier alpha value is -2.01. The molecule has 0 spiro atoms. The molecule has 8 rings (SSSR count). The molecule has 1 aromatic heterocycles. The Kier molecular flexibility index (Phi) is 11.6. The third-order valence-corrected chi connectivity index (χ3v) is 21.0. The predicted octanol–water partition coefficient (Wildman–Crippen LogP) is 9.76. The van der Waals surface area contributed by atoms with Crippen LogP contribution in [0.5, 0.6) is 5.88 Å². The van der Waals surface area contributed by atoms with Gasteiger partial charge in [-0.3, -0.25) is 4.79 Å². The summed E-state index contributed by atoms with van der Waals surface area (Å²) in [5.74, 6) is 4.17. The number of aromatic nitrogens is 1. The van der Waals surface area contributed by atoms with E-state index in [-0.39, 0.29) is 33.2 Å². The highest BCUT2D eigenvalue weighted by atomic mass is 32.2. The van der Waals surface area contributed by atoms with Crippen LogP contribution in [-0.4, -0.2) is 80.1 Å². The molecule has 328 valence electrons. The largest absolute Gasteiger partial charge is 0.476 e. The van der Waals surface area contributed by atoms with Gasteiger partial charge in [-0.05, 0) is 172 Å². The Morgan fingerprint density at radius 2 is 1.73 bits per heavy atom. The van der Waals surface area contributed by atoms with E-state index in [0.717, 1.165) is 37.2 Å². The highest BCUT2D eigenvalue weighted by Gasteiger charge is 2.70. The maximum absolute atomic E-state index is 13.5. The van der Waals surface area contributed by atoms with Crippen molar-refractivity contribution in [3.05, 3.63) is 46.4 Å². The Morgan fingerprint density at radius 3 is 2.39 bits per heavy atom. The molecule has 5 fully saturated rings. The van der Waals surface area contributed by atoms with Crippen molar-refractivity contribution in [2.24, 2.45) is 56.7 Å². The normalized spacial score (nSPS) is 41.3. The number of hydrogen-bond acceptors (Lipinski definition) is 9. The molecule has 0 bridgehead atoms. The lowest BCUT2D eigenvalue weighted by Gasteiger charge is -2.72. The molecule has 4 saturated carbocycles. The molecule has 10 heteroatoms. The van der Waals surface area contributed by atoms with E-state index in [1.807, 2.05) is 19.9 Å². The van der Waals surface area contributed by atoms with Gasteiger partial charge in [0.05, 0.1) is 18.1 Å². The maximum atomic E-state index is 13.5. The second-order valence-electron chi connectivity index (χ2n) is 21.8. The van der Waals surface area contributed by atoms with Crippen molar-refractivity contribution >= 4 is 27.3 Å². The van der Waals surface area contributed by atoms with Gasteiger partial charge in [-0.2, -0.15) is 4.37 Å². The monoisotopic (exact) mass is 850 g/mol. The van der Waals surface area contributed by atoms with Gasteiger partial charge < -0.3 is 19.7 Å². The molecule has 1 saturated heterocycles. The number of rotatable bonds is 11. The first-order valence-corrected chi connectivity index (χ1v) is 25.9. The van der Waals surface area contributed by atoms with Crippen molar-refractivity contribution in [3.8, 4) is 5.88 Å². The van der Waals surface area contributed by atoms with Gasteiger partial charge in [0.1, 0.15) is 12.0 Å². The van der Waals surface area contributed by atoms with E-state index in [1.165, 1.54) is 79.6 Å². The lowest BCUT2D eigenvalue weighted by atomic mass is 9.33. The Morgan fingerprint density at radius 1 is 0.966 bits per heavy atom. The van der Waals surface area contributed by atoms with E-state index < -0.39 is 15.3 Å². The maximum Gasteiger partial charge on any atom is 0.315 e. The van der Waals surface area contributed by atoms with Crippen molar-refractivity contribution in [1.82, 2.24) is 14.6 Å². The Labute approximate surface area is 360 Å². The van der Waals surface area contributed by atoms with Crippen LogP contribution in [0.15, 0.2) is 41.5 Å². The number of sulfone groups is 1. The fraction of sp³-hybridized carbons (Fsp3) is 0.796. The van der Waals surface area contributed by atoms with Crippen LogP contribution >= 0.6 is 11.5 Å². The van der Waals surface area contributed by atoms with Gasteiger partial charge in [-0.25, -0.2) is 8.42 Å². The first kappa shape index (κ1) is 43.6. The number of fused-ring (bicyclic) bond motifs is 7. The lowest BCUT2D eigenvalue weighted by molar-refractivity contribution is -0.221. The van der Waals surface area contributed by atoms with E-state index in [0.29, 0.717) is 79.7 Å². The van der Waals surface area contributed by atoms with E-state index >= 15 is 0 Å². The van der Waals surface area contributed by atoms with Crippen LogP contribution in [0.4, 0.5) is 0 Å². The quantitative estimate of drug-likeness (QED) is 0.174. The fourth-order valence-electron chi connectivity index (χ4n) is 15.5. The first-order chi connectivity index (χ1) is 27.8. The van der Waals surface area contributed by atoms with Gasteiger partial charge in [-0.1, -0.05) is 58.9 Å². The van der Waals surface area contributed by atoms with E-state index in [2.05, 4.69) is 74.9 Å². The predicted molar refractivity (Wildman–Crippen MR) is 239 cm³/mol. The van der Waals surface area contributed by atoms with Crippen molar-refractivity contribution in [2.75, 3.05) is 50.9 Å². The van der Waals surface area contributed by atoms with Crippen LogP contribution in [0, 0.1) is 63.6 Å². The third-order valence-electron chi connectivity index (χ3n) is 18.8. The van der Waals surface area contributed by atoms with Crippen LogP contribution in [0.1, 0.15) is 130 Å². The standard InChI is InChI=1S/C49H75N3O5S2/c1-10-56-43(53)48(32-57-41-31-34(4)58-51-41)20-13-35(14-21-48)37-16-18-45(7)39(44(37,5)6)17-19-47(9)40(45)12-11-38-42-36(33(2)3)15-22-49(42,24-23-46(38,47)8)50-25-26-52-27-29-59(54,55)30-28-52/h13,16,31,36,38-40,42,50H,2,10-12,14-15,17-30,32H2,1,3-9H3/t36-,38+,39-,40+,42+,45-,46+,47+,48?,49-/m0/s1. The summed E-state index contributed by atoms with van der Waals surface area (Å²) in [6.45, 7) is 27.9. The highest BCUT2D eigenvalue weighted by molar-refractivity contribution is 7.91. The molecule has 8 nitrogen and oxygen atoms in total. The number of ether oxygens (including phenoxy) is 2. The van der Waals surface area contributed by atoms with Crippen LogP contribution in [0.2, 0.25) is 0 Å². The third kappa shape index (κ3) is 7.25. The summed E-state index contributed by atoms with van der Waals surface area (Å²) in [4.78, 5) is 17.0. The van der Waals surface area contributed by atoms with Gasteiger partial charge in [0, 0.05) is 42.7 Å². The van der Waals surface area contributed by atoms with Crippen LogP contribution < -0.4 is 10.1 Å². The number of nitrogens with one attached hydrogen (secondary N) is 1. The van der Waals surface area contributed by atoms with Crippen LogP contribution in [0.25, 0.3) is 0 Å². The fourth-order valence-corrected chi connectivity index (χ4v) is 17.2. The molecule has 10 atom stereocenters. The smallest absolute Gasteiger partial charge is 0.315 e. The van der Waals surface area contributed by atoms with Crippen LogP contribution in [-0.2, 0) is 19.4 Å². The van der Waals surface area contributed by atoms with E-state index in [9.17, 15) is 13.2 Å². The average molecular weight is 850 g/mol. The van der Waals surface area contributed by atoms with Gasteiger partial charge >= 0.3 is 5.97 Å². The average Bonchev–Trinajstić information content (AvgIpc) is 3.79. The summed E-state index contributed by atoms with van der Waals surface area (Å²) in [7, 11) is -2.87. The zero-order valence-corrected chi connectivity index (χ0v) is 39.4. The molecule has 1 unspecified atom stereocenters. The molecule has 1 N–H and O–H groups in total. The number of carbonyl (C=O) groups excluding carboxylic acids is 1. The summed E-state index contributed by atoms with van der Waals surface area (Å²) in [6.07, 6.45) is 18.5. The summed E-state index contributed by atoms with van der Waals surface area (Å²) in [5.41, 5.74) is 4.59. The number of allylic oxidation sites excluding steroid dienone is 5. The molecule has 59 heavy (non-hydrogen) atoms. The Balaban J connectivity index is 1.01. The summed E-state index contributed by atoms with van der Waals surface area (Å²) >= 11 is 1.43. The molecule has 0 amide bonds. The number of aryl methyl sites for hydroxylation is 1. The van der Waals surface area contributed by atoms with Crippen LogP contribution in [0.3, 0.4) is 0 Å². The number of nitrogens with zero attached hydrogens (tertiary/aromatic N) is 2. The lowest BCUT2D eigenvalue weighted by Crippen LogP contribution is -2.68. The molecule has 0 radical (unpaired) electrons. The number of hydrogen-bond donors (Lipinski definition) is 1. The van der Waals surface area contributed by atoms with Crippen molar-refractivity contribution in [3.63, 3.8) is 0 Å². The van der Waals surface area contributed by atoms with Crippen molar-refractivity contribution in [2.45, 2.75) is 138 Å². The van der Waals surface area contributed by atoms with Crippen molar-refractivity contribution in [1.29, 1.82) is 0 Å². The van der Waals surface area contributed by atoms with Gasteiger partial charge in [0.25, 0.3) is 0 Å². The summed E-state index contributed by atoms with van der Waals surface area (Å²) < 4.78 is 40.5. The molecule has 1 aromatic rings. The molecule has 0 aromatic carbocycles. The summed E-state index contributed by atoms with van der Waals surface area (Å²) in [5, 5.41) is 4.24. The zero-order valence-electron chi connectivity index (χ0n) is 37.7. The minimum Gasteiger partial charge on any atom is -0.476 e. The highest BCUT2D eigenvalue weighted by Crippen LogP contribution is 2.76. The summed E-state index contributed by atoms with van der Waals surface area (Å²) in [6, 6.07) is 1.95. The van der Waals surface area contributed by atoms with Crippen molar-refractivity contribution < 1.29 is 22.7 Å². The molecule has 7 aliphatic rings. The van der Waals surface area contributed by atoms with E-state index in [4.69, 9.17) is 9.47 Å².